The van der Waals surface area contributed by atoms with Gasteiger partial charge in [-0.1, -0.05) is 18.2 Å². The third kappa shape index (κ3) is 2.99. The van der Waals surface area contributed by atoms with Crippen molar-refractivity contribution in [1.29, 1.82) is 0 Å². The van der Waals surface area contributed by atoms with Crippen molar-refractivity contribution in [3.63, 3.8) is 0 Å². The fourth-order valence-corrected chi connectivity index (χ4v) is 5.03. The third-order valence-electron chi connectivity index (χ3n) is 5.58. The second-order valence-electron chi connectivity index (χ2n) is 7.27. The molecule has 2 aliphatic heterocycles. The van der Waals surface area contributed by atoms with Crippen molar-refractivity contribution < 1.29 is 9.18 Å². The van der Waals surface area contributed by atoms with E-state index >= 15 is 0 Å². The maximum absolute atomic E-state index is 13.2. The molecule has 1 amide bonds. The van der Waals surface area contributed by atoms with Gasteiger partial charge in [0.15, 0.2) is 0 Å². The number of hydrogen-bond donors (Lipinski definition) is 0. The molecule has 0 aliphatic carbocycles. The largest absolute Gasteiger partial charge is 0.337 e. The molecule has 0 N–H and O–H groups in total. The normalized spacial score (nSPS) is 22.1. The van der Waals surface area contributed by atoms with Crippen molar-refractivity contribution in [2.75, 3.05) is 13.1 Å². The summed E-state index contributed by atoms with van der Waals surface area (Å²) in [5.41, 5.74) is 1.87. The fourth-order valence-electron chi connectivity index (χ4n) is 4.33. The number of fused-ring (bicyclic) bond motifs is 3. The van der Waals surface area contributed by atoms with E-state index in [1.54, 1.807) is 11.3 Å². The van der Waals surface area contributed by atoms with Gasteiger partial charge in [0.05, 0.1) is 18.6 Å². The quantitative estimate of drug-likeness (QED) is 0.688. The number of benzene rings is 1. The van der Waals surface area contributed by atoms with Gasteiger partial charge in [0, 0.05) is 30.7 Å². The maximum atomic E-state index is 13.2. The first-order valence-corrected chi connectivity index (χ1v) is 10.0. The maximum Gasteiger partial charge on any atom is 0.271 e. The second-order valence-corrected chi connectivity index (χ2v) is 8.30. The van der Waals surface area contributed by atoms with Crippen LogP contribution in [0.25, 0.3) is 0 Å². The minimum absolute atomic E-state index is 0.110. The van der Waals surface area contributed by atoms with Gasteiger partial charge in [-0.2, -0.15) is 0 Å². The number of thiophene rings is 1. The van der Waals surface area contributed by atoms with E-state index in [4.69, 9.17) is 0 Å². The Balaban J connectivity index is 1.42. The lowest BCUT2D eigenvalue weighted by molar-refractivity contribution is 0.0559. The standard InChI is InChI=1S/C21H20FN3OS/c22-16-7-5-15(6-8-16)11-23-13-19-20(14-23)25(12-17-3-2-10-27-17)21(26)18-4-1-9-24(18)19/h1-10,19-20H,11-14H2/t19-,20-/m1/s1. The number of likely N-dealkylation sites (tertiary alicyclic amines) is 1. The van der Waals surface area contributed by atoms with E-state index < -0.39 is 0 Å². The molecule has 5 rings (SSSR count). The van der Waals surface area contributed by atoms with Crippen LogP contribution in [0.1, 0.15) is 27.0 Å². The lowest BCUT2D eigenvalue weighted by Gasteiger charge is -2.38. The van der Waals surface area contributed by atoms with E-state index in [1.165, 1.54) is 17.0 Å². The van der Waals surface area contributed by atoms with Crippen molar-refractivity contribution in [2.45, 2.75) is 25.2 Å². The molecule has 6 heteroatoms. The van der Waals surface area contributed by atoms with Crippen LogP contribution in [0.5, 0.6) is 0 Å². The summed E-state index contributed by atoms with van der Waals surface area (Å²) in [6.07, 6.45) is 2.02. The number of carbonyl (C=O) groups excluding carboxylic acids is 1. The van der Waals surface area contributed by atoms with Crippen molar-refractivity contribution in [3.05, 3.63) is 82.1 Å². The number of amides is 1. The van der Waals surface area contributed by atoms with Gasteiger partial charge in [-0.25, -0.2) is 4.39 Å². The molecule has 0 bridgehead atoms. The molecule has 4 nitrogen and oxygen atoms in total. The van der Waals surface area contributed by atoms with E-state index in [-0.39, 0.29) is 23.8 Å². The number of carbonyl (C=O) groups is 1. The number of halogens is 1. The molecule has 1 fully saturated rings. The zero-order chi connectivity index (χ0) is 18.4. The smallest absolute Gasteiger partial charge is 0.271 e. The van der Waals surface area contributed by atoms with E-state index in [2.05, 4.69) is 20.9 Å². The average molecular weight is 381 g/mol. The second kappa shape index (κ2) is 6.62. The Morgan fingerprint density at radius 3 is 2.59 bits per heavy atom. The van der Waals surface area contributed by atoms with Crippen LogP contribution in [0, 0.1) is 5.82 Å². The molecule has 1 aromatic carbocycles. The van der Waals surface area contributed by atoms with E-state index in [0.717, 1.165) is 30.9 Å². The minimum Gasteiger partial charge on any atom is -0.337 e. The number of aromatic nitrogens is 1. The molecule has 3 aromatic rings. The molecule has 0 spiro atoms. The van der Waals surface area contributed by atoms with Crippen LogP contribution in [-0.4, -0.2) is 39.4 Å². The Morgan fingerprint density at radius 1 is 1.00 bits per heavy atom. The molecular weight excluding hydrogens is 361 g/mol. The first-order valence-electron chi connectivity index (χ1n) is 9.16. The Morgan fingerprint density at radius 2 is 1.81 bits per heavy atom. The Hall–Kier alpha value is -2.44. The molecular formula is C21H20FN3OS. The Labute approximate surface area is 161 Å². The van der Waals surface area contributed by atoms with Crippen molar-refractivity contribution in [1.82, 2.24) is 14.4 Å². The first kappa shape index (κ1) is 16.7. The Bertz CT molecular complexity index is 950. The van der Waals surface area contributed by atoms with Crippen molar-refractivity contribution in [2.24, 2.45) is 0 Å². The average Bonchev–Trinajstić information content (AvgIpc) is 3.40. The summed E-state index contributed by atoms with van der Waals surface area (Å²) >= 11 is 1.69. The van der Waals surface area contributed by atoms with Gasteiger partial charge in [0.2, 0.25) is 0 Å². The van der Waals surface area contributed by atoms with Crippen LogP contribution >= 0.6 is 11.3 Å². The molecule has 138 valence electrons. The summed E-state index contributed by atoms with van der Waals surface area (Å²) in [5.74, 6) is -0.100. The monoisotopic (exact) mass is 381 g/mol. The summed E-state index contributed by atoms with van der Waals surface area (Å²) in [5, 5.41) is 2.05. The van der Waals surface area contributed by atoms with Gasteiger partial charge in [0.1, 0.15) is 11.5 Å². The summed E-state index contributed by atoms with van der Waals surface area (Å²) < 4.78 is 15.3. The van der Waals surface area contributed by atoms with Crippen LogP contribution in [0.4, 0.5) is 4.39 Å². The van der Waals surface area contributed by atoms with Gasteiger partial charge >= 0.3 is 0 Å². The highest BCUT2D eigenvalue weighted by atomic mass is 32.1. The van der Waals surface area contributed by atoms with Crippen molar-refractivity contribution >= 4 is 17.2 Å². The number of rotatable bonds is 4. The fraction of sp³-hybridized carbons (Fsp3) is 0.286. The summed E-state index contributed by atoms with van der Waals surface area (Å²) in [6.45, 7) is 3.15. The van der Waals surface area contributed by atoms with Crippen LogP contribution in [0.15, 0.2) is 60.1 Å². The van der Waals surface area contributed by atoms with Crippen LogP contribution in [0.3, 0.4) is 0 Å². The number of hydrogen-bond acceptors (Lipinski definition) is 3. The summed E-state index contributed by atoms with van der Waals surface area (Å²) in [4.78, 5) is 18.7. The molecule has 2 atom stereocenters. The SMILES string of the molecule is O=C1c2cccn2[C@@H]2CN(Cc3ccc(F)cc3)C[C@H]2N1Cc1cccs1. The van der Waals surface area contributed by atoms with E-state index in [9.17, 15) is 9.18 Å². The minimum atomic E-state index is -0.210. The van der Waals surface area contributed by atoms with Crippen LogP contribution in [-0.2, 0) is 13.1 Å². The molecule has 0 unspecified atom stereocenters. The molecule has 2 aliphatic rings. The van der Waals surface area contributed by atoms with Crippen LogP contribution in [0.2, 0.25) is 0 Å². The molecule has 4 heterocycles. The lowest BCUT2D eigenvalue weighted by atomic mass is 10.1. The highest BCUT2D eigenvalue weighted by molar-refractivity contribution is 7.09. The first-order chi connectivity index (χ1) is 13.2. The van der Waals surface area contributed by atoms with Gasteiger partial charge in [0.25, 0.3) is 5.91 Å². The van der Waals surface area contributed by atoms with Gasteiger partial charge in [-0.3, -0.25) is 9.69 Å². The number of nitrogens with zero attached hydrogens (tertiary/aromatic N) is 3. The highest BCUT2D eigenvalue weighted by Gasteiger charge is 2.44. The van der Waals surface area contributed by atoms with Gasteiger partial charge in [-0.05, 0) is 41.3 Å². The molecule has 0 radical (unpaired) electrons. The molecule has 27 heavy (non-hydrogen) atoms. The van der Waals surface area contributed by atoms with Crippen molar-refractivity contribution in [3.8, 4) is 0 Å². The summed E-state index contributed by atoms with van der Waals surface area (Å²) in [6, 6.07) is 15.1. The zero-order valence-corrected chi connectivity index (χ0v) is 15.6. The van der Waals surface area contributed by atoms with E-state index in [0.29, 0.717) is 6.54 Å². The highest BCUT2D eigenvalue weighted by Crippen LogP contribution is 2.35. The summed E-state index contributed by atoms with van der Waals surface area (Å²) in [7, 11) is 0. The third-order valence-corrected chi connectivity index (χ3v) is 6.44. The van der Waals surface area contributed by atoms with Gasteiger partial charge < -0.3 is 9.47 Å². The predicted molar refractivity (Wildman–Crippen MR) is 103 cm³/mol. The molecule has 2 aromatic heterocycles. The molecule has 0 saturated carbocycles. The lowest BCUT2D eigenvalue weighted by Crippen LogP contribution is -2.49. The zero-order valence-electron chi connectivity index (χ0n) is 14.8. The topological polar surface area (TPSA) is 28.5 Å². The van der Waals surface area contributed by atoms with Gasteiger partial charge in [-0.15, -0.1) is 11.3 Å². The Kier molecular flexibility index (Phi) is 4.10. The van der Waals surface area contributed by atoms with Crippen LogP contribution < -0.4 is 0 Å². The van der Waals surface area contributed by atoms with E-state index in [1.807, 2.05) is 41.4 Å². The molecule has 1 saturated heterocycles. The predicted octanol–water partition coefficient (Wildman–Crippen LogP) is 3.77.